The van der Waals surface area contributed by atoms with Crippen LogP contribution >= 0.6 is 0 Å². The van der Waals surface area contributed by atoms with Gasteiger partial charge in [-0.2, -0.15) is 0 Å². The Balaban J connectivity index is 1.47. The summed E-state index contributed by atoms with van der Waals surface area (Å²) in [6, 6.07) is 11.0. The number of fused-ring (bicyclic) bond motifs is 1. The first-order valence-corrected chi connectivity index (χ1v) is 10.8. The molecule has 1 fully saturated rings. The van der Waals surface area contributed by atoms with Crippen LogP contribution in [0.1, 0.15) is 39.9 Å². The number of furan rings is 1. The van der Waals surface area contributed by atoms with E-state index < -0.39 is 0 Å². The Morgan fingerprint density at radius 1 is 1.09 bits per heavy atom. The number of carbonyl (C=O) groups is 3. The molecule has 7 heteroatoms. The first-order valence-electron chi connectivity index (χ1n) is 10.8. The molecule has 0 radical (unpaired) electrons. The number of primary amides is 1. The molecule has 1 saturated heterocycles. The molecule has 3 N–H and O–H groups in total. The fourth-order valence-corrected chi connectivity index (χ4v) is 4.16. The monoisotopic (exact) mass is 433 g/mol. The minimum Gasteiger partial charge on any atom is -0.464 e. The maximum absolute atomic E-state index is 13.1. The molecule has 3 amide bonds. The Hall–Kier alpha value is -3.61. The van der Waals surface area contributed by atoms with Gasteiger partial charge in [0.1, 0.15) is 5.58 Å². The number of nitrogens with one attached hydrogen (secondary N) is 1. The van der Waals surface area contributed by atoms with Gasteiger partial charge in [-0.25, -0.2) is 0 Å². The predicted octanol–water partition coefficient (Wildman–Crippen LogP) is 3.57. The third kappa shape index (κ3) is 4.37. The fourth-order valence-electron chi connectivity index (χ4n) is 4.16. The average molecular weight is 434 g/mol. The van der Waals surface area contributed by atoms with Crippen molar-refractivity contribution < 1.29 is 18.8 Å². The summed E-state index contributed by atoms with van der Waals surface area (Å²) in [4.78, 5) is 39.0. The molecule has 0 aliphatic carbocycles. The van der Waals surface area contributed by atoms with E-state index in [1.54, 1.807) is 35.4 Å². The molecule has 2 aromatic carbocycles. The van der Waals surface area contributed by atoms with Gasteiger partial charge in [0.25, 0.3) is 5.91 Å². The number of hydrogen-bond donors (Lipinski definition) is 2. The number of piperidine rings is 1. The molecule has 4 rings (SSSR count). The third-order valence-electron chi connectivity index (χ3n) is 6.24. The van der Waals surface area contributed by atoms with E-state index in [0.29, 0.717) is 37.2 Å². The van der Waals surface area contributed by atoms with Gasteiger partial charge in [-0.1, -0.05) is 12.1 Å². The highest BCUT2D eigenvalue weighted by molar-refractivity contribution is 6.04. The largest absolute Gasteiger partial charge is 0.464 e. The summed E-state index contributed by atoms with van der Waals surface area (Å²) in [5.74, 6) is -0.893. The van der Waals surface area contributed by atoms with Gasteiger partial charge in [0.15, 0.2) is 0 Å². The van der Waals surface area contributed by atoms with Crippen LogP contribution in [-0.2, 0) is 16.0 Å². The number of para-hydroxylation sites is 1. The van der Waals surface area contributed by atoms with E-state index in [-0.39, 0.29) is 30.1 Å². The van der Waals surface area contributed by atoms with Crippen LogP contribution in [-0.4, -0.2) is 35.7 Å². The second kappa shape index (κ2) is 8.86. The number of nitrogens with zero attached hydrogens (tertiary/aromatic N) is 1. The number of carbonyl (C=O) groups excluding carboxylic acids is 3. The quantitative estimate of drug-likeness (QED) is 0.642. The number of aryl methyl sites for hydroxylation is 2. The van der Waals surface area contributed by atoms with Crippen molar-refractivity contribution in [2.75, 3.05) is 18.4 Å². The summed E-state index contributed by atoms with van der Waals surface area (Å²) in [6.45, 7) is 4.98. The number of amides is 3. The van der Waals surface area contributed by atoms with Crippen LogP contribution in [0.2, 0.25) is 0 Å². The molecule has 0 atom stereocenters. The molecule has 1 aliphatic rings. The van der Waals surface area contributed by atoms with Gasteiger partial charge in [0.2, 0.25) is 11.8 Å². The van der Waals surface area contributed by atoms with Crippen molar-refractivity contribution in [3.8, 4) is 0 Å². The van der Waals surface area contributed by atoms with Crippen LogP contribution < -0.4 is 11.1 Å². The molecule has 0 saturated carbocycles. The van der Waals surface area contributed by atoms with Crippen molar-refractivity contribution >= 4 is 34.4 Å². The van der Waals surface area contributed by atoms with E-state index in [2.05, 4.69) is 5.32 Å². The zero-order valence-corrected chi connectivity index (χ0v) is 18.3. The molecule has 0 unspecified atom stereocenters. The minimum absolute atomic E-state index is 0.141. The smallest absolute Gasteiger partial charge is 0.255 e. The Morgan fingerprint density at radius 2 is 1.78 bits per heavy atom. The SMILES string of the molecule is Cc1cc2occ(CC(=O)Nc3ccccc3C(=O)N3CCC(C(N)=O)CC3)c2cc1C. The second-order valence-corrected chi connectivity index (χ2v) is 8.43. The lowest BCUT2D eigenvalue weighted by Gasteiger charge is -2.31. The predicted molar refractivity (Wildman–Crippen MR) is 122 cm³/mol. The van der Waals surface area contributed by atoms with Crippen molar-refractivity contribution in [2.24, 2.45) is 11.7 Å². The number of likely N-dealkylation sites (tertiary alicyclic amines) is 1. The first kappa shape index (κ1) is 21.6. The van der Waals surface area contributed by atoms with E-state index in [9.17, 15) is 14.4 Å². The van der Waals surface area contributed by atoms with Crippen LogP contribution in [0.15, 0.2) is 47.1 Å². The molecule has 0 spiro atoms. The standard InChI is InChI=1S/C25H27N3O4/c1-15-11-20-18(14-32-22(20)12-16(15)2)13-23(29)27-21-6-4-3-5-19(21)25(31)28-9-7-17(8-10-28)24(26)30/h3-6,11-12,14,17H,7-10,13H2,1-2H3,(H2,26,30)(H,27,29). The number of benzene rings is 2. The van der Waals surface area contributed by atoms with E-state index in [1.807, 2.05) is 26.0 Å². The van der Waals surface area contributed by atoms with Crippen LogP contribution in [0, 0.1) is 19.8 Å². The number of rotatable bonds is 5. The lowest BCUT2D eigenvalue weighted by atomic mass is 9.95. The minimum atomic E-state index is -0.318. The van der Waals surface area contributed by atoms with E-state index >= 15 is 0 Å². The highest BCUT2D eigenvalue weighted by Gasteiger charge is 2.27. The molecule has 32 heavy (non-hydrogen) atoms. The van der Waals surface area contributed by atoms with Crippen LogP contribution in [0.4, 0.5) is 5.69 Å². The zero-order valence-electron chi connectivity index (χ0n) is 18.3. The van der Waals surface area contributed by atoms with Gasteiger partial charge in [0.05, 0.1) is 23.9 Å². The van der Waals surface area contributed by atoms with E-state index in [0.717, 1.165) is 27.7 Å². The topological polar surface area (TPSA) is 106 Å². The highest BCUT2D eigenvalue weighted by Crippen LogP contribution is 2.26. The normalized spacial score (nSPS) is 14.5. The Labute approximate surface area is 186 Å². The Kier molecular flexibility index (Phi) is 5.99. The van der Waals surface area contributed by atoms with Crippen molar-refractivity contribution in [1.82, 2.24) is 4.90 Å². The third-order valence-corrected chi connectivity index (χ3v) is 6.24. The van der Waals surface area contributed by atoms with Crippen molar-refractivity contribution in [3.63, 3.8) is 0 Å². The number of anilines is 1. The molecule has 166 valence electrons. The maximum atomic E-state index is 13.1. The van der Waals surface area contributed by atoms with Crippen LogP contribution in [0.25, 0.3) is 11.0 Å². The van der Waals surface area contributed by atoms with Crippen LogP contribution in [0.3, 0.4) is 0 Å². The molecular weight excluding hydrogens is 406 g/mol. The molecule has 0 bridgehead atoms. The Morgan fingerprint density at radius 3 is 2.50 bits per heavy atom. The zero-order chi connectivity index (χ0) is 22.8. The van der Waals surface area contributed by atoms with Gasteiger partial charge in [0, 0.05) is 30.0 Å². The fraction of sp³-hybridized carbons (Fsp3) is 0.320. The summed E-state index contributed by atoms with van der Waals surface area (Å²) in [7, 11) is 0. The number of hydrogen-bond acceptors (Lipinski definition) is 4. The van der Waals surface area contributed by atoms with Gasteiger partial charge in [-0.15, -0.1) is 0 Å². The van der Waals surface area contributed by atoms with Gasteiger partial charge >= 0.3 is 0 Å². The first-order chi connectivity index (χ1) is 15.3. The molecule has 2 heterocycles. The van der Waals surface area contributed by atoms with E-state index in [1.165, 1.54) is 0 Å². The second-order valence-electron chi connectivity index (χ2n) is 8.43. The summed E-state index contributed by atoms with van der Waals surface area (Å²) < 4.78 is 5.63. The molecule has 1 aromatic heterocycles. The maximum Gasteiger partial charge on any atom is 0.255 e. The van der Waals surface area contributed by atoms with Crippen molar-refractivity contribution in [1.29, 1.82) is 0 Å². The summed E-state index contributed by atoms with van der Waals surface area (Å²) in [5, 5.41) is 3.81. The number of nitrogens with two attached hydrogens (primary N) is 1. The van der Waals surface area contributed by atoms with Gasteiger partial charge in [-0.3, -0.25) is 14.4 Å². The lowest BCUT2D eigenvalue weighted by Crippen LogP contribution is -2.42. The Bertz CT molecular complexity index is 1190. The van der Waals surface area contributed by atoms with Gasteiger partial charge in [-0.05, 0) is 62.1 Å². The molecular formula is C25H27N3O4. The lowest BCUT2D eigenvalue weighted by molar-refractivity contribution is -0.123. The van der Waals surface area contributed by atoms with Crippen molar-refractivity contribution in [3.05, 3.63) is 64.9 Å². The van der Waals surface area contributed by atoms with Crippen LogP contribution in [0.5, 0.6) is 0 Å². The molecule has 1 aliphatic heterocycles. The summed E-state index contributed by atoms with van der Waals surface area (Å²) in [5.41, 5.74) is 10.1. The average Bonchev–Trinajstić information content (AvgIpc) is 3.15. The molecule has 3 aromatic rings. The summed E-state index contributed by atoms with van der Waals surface area (Å²) >= 11 is 0. The summed E-state index contributed by atoms with van der Waals surface area (Å²) in [6.07, 6.45) is 2.87. The van der Waals surface area contributed by atoms with E-state index in [4.69, 9.17) is 10.2 Å². The molecule has 7 nitrogen and oxygen atoms in total. The van der Waals surface area contributed by atoms with Gasteiger partial charge < -0.3 is 20.4 Å². The highest BCUT2D eigenvalue weighted by atomic mass is 16.3. The van der Waals surface area contributed by atoms with Crippen molar-refractivity contribution in [2.45, 2.75) is 33.1 Å².